The Kier molecular flexibility index (Phi) is 6.25. The Bertz CT molecular complexity index is 939. The van der Waals surface area contributed by atoms with Gasteiger partial charge in [0.2, 0.25) is 5.92 Å². The van der Waals surface area contributed by atoms with E-state index in [0.717, 1.165) is 4.90 Å². The van der Waals surface area contributed by atoms with Crippen molar-refractivity contribution >= 4 is 17.4 Å². The average molecular weight is 451 g/mol. The second kappa shape index (κ2) is 8.44. The Morgan fingerprint density at radius 3 is 2.58 bits per heavy atom. The molecule has 1 aliphatic rings. The number of imidazole rings is 1. The van der Waals surface area contributed by atoms with Crippen LogP contribution in [0, 0.1) is 5.92 Å². The largest absolute Gasteiger partial charge is 0.465 e. The predicted octanol–water partition coefficient (Wildman–Crippen LogP) is 3.35. The Labute approximate surface area is 173 Å². The van der Waals surface area contributed by atoms with E-state index >= 15 is 0 Å². The molecular formula is C18H22F5N5O3. The lowest BCUT2D eigenvalue weighted by Gasteiger charge is -2.32. The molecule has 3 rings (SSSR count). The fraction of sp³-hybridized carbons (Fsp3) is 0.611. The number of alkyl halides is 5. The van der Waals surface area contributed by atoms with Crippen molar-refractivity contribution in [2.75, 3.05) is 18.5 Å². The molecule has 2 aromatic rings. The number of fused-ring (bicyclic) bond motifs is 1. The summed E-state index contributed by atoms with van der Waals surface area (Å²) in [7, 11) is 1.20. The van der Waals surface area contributed by atoms with Gasteiger partial charge in [-0.15, -0.1) is 0 Å². The molecule has 31 heavy (non-hydrogen) atoms. The number of amides is 1. The molecule has 2 heterocycles. The number of carbonyl (C=O) groups is 1. The Balaban J connectivity index is 1.96. The maximum Gasteiger partial charge on any atom is 0.405 e. The highest BCUT2D eigenvalue weighted by atomic mass is 19.4. The molecule has 2 aromatic heterocycles. The molecular weight excluding hydrogens is 429 g/mol. The van der Waals surface area contributed by atoms with E-state index in [-0.39, 0.29) is 48.4 Å². The minimum atomic E-state index is -4.48. The number of hydrogen-bond donors (Lipinski definition) is 3. The van der Waals surface area contributed by atoms with Crippen molar-refractivity contribution < 1.29 is 37.0 Å². The first-order valence-corrected chi connectivity index (χ1v) is 9.54. The number of rotatable bonds is 6. The molecule has 0 unspecified atom stereocenters. The van der Waals surface area contributed by atoms with Crippen molar-refractivity contribution in [2.24, 2.45) is 5.92 Å². The van der Waals surface area contributed by atoms with Crippen LogP contribution < -0.4 is 10.2 Å². The molecule has 0 spiro atoms. The minimum absolute atomic E-state index is 0.0181. The smallest absolute Gasteiger partial charge is 0.405 e. The zero-order valence-corrected chi connectivity index (χ0v) is 16.5. The summed E-state index contributed by atoms with van der Waals surface area (Å²) in [6.45, 7) is -1.90. The first-order valence-electron chi connectivity index (χ1n) is 9.54. The van der Waals surface area contributed by atoms with Crippen LogP contribution in [0.3, 0.4) is 0 Å². The average Bonchev–Trinajstić information content (AvgIpc) is 3.06. The van der Waals surface area contributed by atoms with Gasteiger partial charge in [0.25, 0.3) is 0 Å². The van der Waals surface area contributed by atoms with Crippen LogP contribution in [0.15, 0.2) is 12.3 Å². The van der Waals surface area contributed by atoms with E-state index in [4.69, 9.17) is 0 Å². The van der Waals surface area contributed by atoms with Gasteiger partial charge in [-0.3, -0.25) is 0 Å². The van der Waals surface area contributed by atoms with E-state index in [2.05, 4.69) is 15.4 Å². The molecule has 8 nitrogen and oxygen atoms in total. The summed E-state index contributed by atoms with van der Waals surface area (Å²) in [5, 5.41) is 25.2. The molecule has 0 bridgehead atoms. The molecule has 3 N–H and O–H groups in total. The summed E-state index contributed by atoms with van der Waals surface area (Å²) in [6.07, 6.45) is -5.02. The van der Waals surface area contributed by atoms with E-state index < -0.39 is 43.3 Å². The third-order valence-corrected chi connectivity index (χ3v) is 5.33. The summed E-state index contributed by atoms with van der Waals surface area (Å²) < 4.78 is 66.6. The molecule has 0 saturated heterocycles. The number of anilines is 1. The van der Waals surface area contributed by atoms with Crippen LogP contribution in [0.5, 0.6) is 0 Å². The lowest BCUT2D eigenvalue weighted by molar-refractivity contribution is -0.119. The van der Waals surface area contributed by atoms with E-state index in [1.54, 1.807) is 0 Å². The summed E-state index contributed by atoms with van der Waals surface area (Å²) in [5.74, 6) is -3.22. The van der Waals surface area contributed by atoms with Gasteiger partial charge in [0.1, 0.15) is 12.2 Å². The number of carboxylic acid groups (broad SMARTS) is 1. The molecule has 1 fully saturated rings. The zero-order valence-electron chi connectivity index (χ0n) is 16.5. The van der Waals surface area contributed by atoms with Crippen LogP contribution >= 0.6 is 0 Å². The monoisotopic (exact) mass is 451 g/mol. The highest BCUT2D eigenvalue weighted by Crippen LogP contribution is 2.41. The molecule has 1 amide bonds. The topological polar surface area (TPSA) is 103 Å². The van der Waals surface area contributed by atoms with Gasteiger partial charge in [0, 0.05) is 26.0 Å². The highest BCUT2D eigenvalue weighted by molar-refractivity contribution is 5.65. The number of aliphatic hydroxyl groups is 1. The number of nitrogens with zero attached hydrogens (tertiary/aromatic N) is 4. The second-order valence-electron chi connectivity index (χ2n) is 7.69. The fourth-order valence-electron chi connectivity index (χ4n) is 3.88. The van der Waals surface area contributed by atoms with Crippen LogP contribution in [-0.4, -0.2) is 56.6 Å². The SMILES string of the molecule is CN(CC(F)(F)F)c1cc2nc([C@@H](NC(=O)O)C3CCC(F)(F)CC3)cn2nc1CO. The number of aromatic nitrogens is 3. The van der Waals surface area contributed by atoms with Crippen molar-refractivity contribution in [3.8, 4) is 0 Å². The van der Waals surface area contributed by atoms with Gasteiger partial charge in [-0.25, -0.2) is 23.1 Å². The number of halogens is 5. The maximum atomic E-state index is 13.5. The van der Waals surface area contributed by atoms with Gasteiger partial charge in [-0.2, -0.15) is 18.3 Å². The molecule has 0 aliphatic heterocycles. The minimum Gasteiger partial charge on any atom is -0.465 e. The van der Waals surface area contributed by atoms with Crippen LogP contribution in [0.25, 0.3) is 5.65 Å². The van der Waals surface area contributed by atoms with Gasteiger partial charge in [-0.05, 0) is 18.8 Å². The van der Waals surface area contributed by atoms with E-state index in [1.807, 2.05) is 0 Å². The molecule has 0 aromatic carbocycles. The lowest BCUT2D eigenvalue weighted by Crippen LogP contribution is -2.36. The first kappa shape index (κ1) is 23.0. The van der Waals surface area contributed by atoms with Gasteiger partial charge >= 0.3 is 12.3 Å². The quantitative estimate of drug-likeness (QED) is 0.582. The van der Waals surface area contributed by atoms with Crippen molar-refractivity contribution in [1.82, 2.24) is 19.9 Å². The van der Waals surface area contributed by atoms with Crippen molar-refractivity contribution in [1.29, 1.82) is 0 Å². The fourth-order valence-corrected chi connectivity index (χ4v) is 3.88. The summed E-state index contributed by atoms with van der Waals surface area (Å²) >= 11 is 0. The van der Waals surface area contributed by atoms with Crippen LogP contribution in [0.4, 0.5) is 32.4 Å². The summed E-state index contributed by atoms with van der Waals surface area (Å²) in [5.41, 5.74) is 0.340. The van der Waals surface area contributed by atoms with E-state index in [0.29, 0.717) is 0 Å². The molecule has 1 aliphatic carbocycles. The summed E-state index contributed by atoms with van der Waals surface area (Å²) in [6, 6.07) is 0.421. The molecule has 13 heteroatoms. The molecule has 1 saturated carbocycles. The molecule has 172 valence electrons. The summed E-state index contributed by atoms with van der Waals surface area (Å²) in [4.78, 5) is 16.5. The van der Waals surface area contributed by atoms with Crippen molar-refractivity contribution in [2.45, 2.75) is 50.4 Å². The standard InChI is InChI=1S/C18H22F5N5O3/c1-27(9-18(21,22)23)13-6-14-24-11(7-28(14)26-12(13)8-29)15(25-16(30)31)10-2-4-17(19,20)5-3-10/h6-7,10,15,25,29H,2-5,8-9H2,1H3,(H,30,31)/t15-/m0/s1. The first-order chi connectivity index (χ1) is 14.4. The highest BCUT2D eigenvalue weighted by Gasteiger charge is 2.39. The van der Waals surface area contributed by atoms with E-state index in [1.165, 1.54) is 23.8 Å². The third-order valence-electron chi connectivity index (χ3n) is 5.33. The second-order valence-corrected chi connectivity index (χ2v) is 7.69. The van der Waals surface area contributed by atoms with Gasteiger partial charge in [0.05, 0.1) is 30.2 Å². The van der Waals surface area contributed by atoms with Crippen LogP contribution in [-0.2, 0) is 6.61 Å². The van der Waals surface area contributed by atoms with Gasteiger partial charge in [0.15, 0.2) is 5.65 Å². The van der Waals surface area contributed by atoms with Gasteiger partial charge in [-0.1, -0.05) is 0 Å². The van der Waals surface area contributed by atoms with Crippen molar-refractivity contribution in [3.05, 3.63) is 23.7 Å². The third kappa shape index (κ3) is 5.51. The Hall–Kier alpha value is -2.70. The molecule has 1 atom stereocenters. The predicted molar refractivity (Wildman–Crippen MR) is 99.0 cm³/mol. The number of hydrogen-bond acceptors (Lipinski definition) is 5. The maximum absolute atomic E-state index is 13.5. The number of nitrogens with one attached hydrogen (secondary N) is 1. The lowest BCUT2D eigenvalue weighted by atomic mass is 9.81. The Morgan fingerprint density at radius 1 is 1.39 bits per heavy atom. The van der Waals surface area contributed by atoms with E-state index in [9.17, 15) is 37.0 Å². The normalized spacial score (nSPS) is 18.2. The van der Waals surface area contributed by atoms with Crippen molar-refractivity contribution in [3.63, 3.8) is 0 Å². The zero-order chi connectivity index (χ0) is 23.0. The molecule has 0 radical (unpaired) electrons. The number of aliphatic hydroxyl groups excluding tert-OH is 1. The Morgan fingerprint density at radius 2 is 2.03 bits per heavy atom. The van der Waals surface area contributed by atoms with Gasteiger partial charge < -0.3 is 20.4 Å². The van der Waals surface area contributed by atoms with Crippen LogP contribution in [0.1, 0.15) is 43.1 Å². The van der Waals surface area contributed by atoms with Crippen LogP contribution in [0.2, 0.25) is 0 Å².